The van der Waals surface area contributed by atoms with Crippen molar-refractivity contribution < 1.29 is 13.9 Å². The van der Waals surface area contributed by atoms with E-state index < -0.39 is 6.04 Å². The van der Waals surface area contributed by atoms with E-state index in [4.69, 9.17) is 9.15 Å². The Hall–Kier alpha value is -3.86. The molecule has 1 atom stereocenters. The number of amides is 1. The van der Waals surface area contributed by atoms with Crippen LogP contribution in [-0.2, 0) is 0 Å². The summed E-state index contributed by atoms with van der Waals surface area (Å²) in [5, 5.41) is 0.490. The number of aryl methyl sites for hydroxylation is 3. The molecule has 2 heterocycles. The Kier molecular flexibility index (Phi) is 4.63. The predicted molar refractivity (Wildman–Crippen MR) is 125 cm³/mol. The van der Waals surface area contributed by atoms with E-state index in [1.54, 1.807) is 12.0 Å². The molecule has 1 unspecified atom stereocenters. The molecule has 1 aliphatic rings. The highest BCUT2D eigenvalue weighted by Crippen LogP contribution is 2.41. The van der Waals surface area contributed by atoms with Gasteiger partial charge >= 0.3 is 0 Å². The highest BCUT2D eigenvalue weighted by molar-refractivity contribution is 6.10. The van der Waals surface area contributed by atoms with E-state index in [2.05, 4.69) is 0 Å². The molecule has 32 heavy (non-hydrogen) atoms. The van der Waals surface area contributed by atoms with E-state index in [1.165, 1.54) is 0 Å². The average Bonchev–Trinajstić information content (AvgIpc) is 3.08. The maximum atomic E-state index is 13.7. The predicted octanol–water partition coefficient (Wildman–Crippen LogP) is 5.48. The van der Waals surface area contributed by atoms with Gasteiger partial charge in [-0.2, -0.15) is 0 Å². The van der Waals surface area contributed by atoms with Crippen LogP contribution in [0, 0.1) is 20.8 Å². The molecule has 5 nitrogen and oxygen atoms in total. The second-order valence-electron chi connectivity index (χ2n) is 8.29. The Balaban J connectivity index is 1.80. The number of hydrogen-bond donors (Lipinski definition) is 0. The third-order valence-corrected chi connectivity index (χ3v) is 6.23. The molecule has 0 aliphatic carbocycles. The molecule has 1 amide bonds. The zero-order valence-electron chi connectivity index (χ0n) is 18.4. The number of rotatable bonds is 3. The van der Waals surface area contributed by atoms with Gasteiger partial charge in [0.05, 0.1) is 24.1 Å². The van der Waals surface area contributed by atoms with Crippen LogP contribution >= 0.6 is 0 Å². The highest BCUT2D eigenvalue weighted by atomic mass is 16.5. The van der Waals surface area contributed by atoms with Crippen LogP contribution in [0.2, 0.25) is 0 Å². The van der Waals surface area contributed by atoms with Crippen molar-refractivity contribution in [2.45, 2.75) is 26.8 Å². The average molecular weight is 425 g/mol. The van der Waals surface area contributed by atoms with Gasteiger partial charge in [-0.3, -0.25) is 14.5 Å². The molecule has 5 heteroatoms. The lowest BCUT2D eigenvalue weighted by Gasteiger charge is -2.25. The topological polar surface area (TPSA) is 59.8 Å². The number of anilines is 1. The lowest BCUT2D eigenvalue weighted by Crippen LogP contribution is -2.29. The highest BCUT2D eigenvalue weighted by Gasteiger charge is 2.43. The second-order valence-corrected chi connectivity index (χ2v) is 8.29. The SMILES string of the molecule is COc1ccc(C2c3c(oc4cc(C)c(C)cc4c3=O)C(=O)N2c2ccc(C)cc2)cc1. The molecular weight excluding hydrogens is 402 g/mol. The van der Waals surface area contributed by atoms with Crippen molar-refractivity contribution in [3.05, 3.63) is 104 Å². The van der Waals surface area contributed by atoms with Crippen molar-refractivity contribution in [1.29, 1.82) is 0 Å². The van der Waals surface area contributed by atoms with Crippen molar-refractivity contribution in [3.8, 4) is 5.75 Å². The lowest BCUT2D eigenvalue weighted by atomic mass is 9.97. The van der Waals surface area contributed by atoms with E-state index in [1.807, 2.05) is 81.4 Å². The fourth-order valence-corrected chi connectivity index (χ4v) is 4.30. The standard InChI is InChI=1S/C27H23NO4/c1-15-5-9-19(10-6-15)28-24(18-7-11-20(31-4)12-8-18)23-25(29)21-13-16(2)17(3)14-22(21)32-26(23)27(28)30/h5-14,24H,1-4H3. The maximum absolute atomic E-state index is 13.7. The van der Waals surface area contributed by atoms with Gasteiger partial charge in [-0.05, 0) is 73.9 Å². The van der Waals surface area contributed by atoms with Gasteiger partial charge in [-0.15, -0.1) is 0 Å². The van der Waals surface area contributed by atoms with Crippen LogP contribution in [0.5, 0.6) is 5.75 Å². The molecule has 0 bridgehead atoms. The molecule has 4 aromatic rings. The number of hydrogen-bond acceptors (Lipinski definition) is 4. The van der Waals surface area contributed by atoms with Gasteiger partial charge in [0.15, 0.2) is 5.43 Å². The van der Waals surface area contributed by atoms with Crippen molar-refractivity contribution in [2.24, 2.45) is 0 Å². The van der Waals surface area contributed by atoms with Crippen molar-refractivity contribution >= 4 is 22.6 Å². The monoisotopic (exact) mass is 425 g/mol. The van der Waals surface area contributed by atoms with Crippen LogP contribution in [0.1, 0.15) is 44.4 Å². The largest absolute Gasteiger partial charge is 0.497 e. The number of nitrogens with zero attached hydrogens (tertiary/aromatic N) is 1. The first-order chi connectivity index (χ1) is 15.4. The molecule has 0 fully saturated rings. The third kappa shape index (κ3) is 3.01. The first-order valence-corrected chi connectivity index (χ1v) is 10.5. The molecule has 0 N–H and O–H groups in total. The number of fused-ring (bicyclic) bond motifs is 2. The van der Waals surface area contributed by atoms with E-state index in [9.17, 15) is 9.59 Å². The first kappa shape index (κ1) is 20.1. The molecule has 3 aromatic carbocycles. The molecule has 0 saturated heterocycles. The molecule has 1 aromatic heterocycles. The summed E-state index contributed by atoms with van der Waals surface area (Å²) in [7, 11) is 1.60. The number of methoxy groups -OCH3 is 1. The van der Waals surface area contributed by atoms with Crippen LogP contribution in [0.4, 0.5) is 5.69 Å². The fraction of sp³-hybridized carbons (Fsp3) is 0.185. The lowest BCUT2D eigenvalue weighted by molar-refractivity contribution is 0.0971. The van der Waals surface area contributed by atoms with E-state index >= 15 is 0 Å². The molecular formula is C27H23NO4. The van der Waals surface area contributed by atoms with Crippen molar-refractivity contribution in [3.63, 3.8) is 0 Å². The zero-order valence-corrected chi connectivity index (χ0v) is 18.4. The van der Waals surface area contributed by atoms with Crippen LogP contribution < -0.4 is 15.1 Å². The summed E-state index contributed by atoms with van der Waals surface area (Å²) in [6.45, 7) is 5.92. The quantitative estimate of drug-likeness (QED) is 0.436. The smallest absolute Gasteiger partial charge is 0.295 e. The molecule has 5 rings (SSSR count). The van der Waals surface area contributed by atoms with Crippen LogP contribution in [0.3, 0.4) is 0 Å². The number of benzene rings is 3. The number of carbonyl (C=O) groups is 1. The third-order valence-electron chi connectivity index (χ3n) is 6.23. The molecule has 0 spiro atoms. The van der Waals surface area contributed by atoms with Crippen molar-refractivity contribution in [1.82, 2.24) is 0 Å². The van der Waals surface area contributed by atoms with Crippen LogP contribution in [0.15, 0.2) is 69.9 Å². The summed E-state index contributed by atoms with van der Waals surface area (Å²) in [5.41, 5.74) is 5.26. The second kappa shape index (κ2) is 7.38. The Bertz CT molecular complexity index is 1420. The van der Waals surface area contributed by atoms with Crippen LogP contribution in [0.25, 0.3) is 11.0 Å². The van der Waals surface area contributed by atoms with Crippen LogP contribution in [-0.4, -0.2) is 13.0 Å². The summed E-state index contributed by atoms with van der Waals surface area (Å²) in [6.07, 6.45) is 0. The molecule has 1 aliphatic heterocycles. The fourth-order valence-electron chi connectivity index (χ4n) is 4.30. The maximum Gasteiger partial charge on any atom is 0.295 e. The number of ether oxygens (including phenoxy) is 1. The normalized spacial score (nSPS) is 15.3. The van der Waals surface area contributed by atoms with Gasteiger partial charge < -0.3 is 9.15 Å². The number of carbonyl (C=O) groups excluding carboxylic acids is 1. The minimum absolute atomic E-state index is 0.104. The van der Waals surface area contributed by atoms with Gasteiger partial charge in [0.1, 0.15) is 11.3 Å². The van der Waals surface area contributed by atoms with Gasteiger partial charge in [-0.1, -0.05) is 29.8 Å². The van der Waals surface area contributed by atoms with Gasteiger partial charge in [0.2, 0.25) is 5.76 Å². The summed E-state index contributed by atoms with van der Waals surface area (Å²) >= 11 is 0. The van der Waals surface area contributed by atoms with E-state index in [-0.39, 0.29) is 17.1 Å². The summed E-state index contributed by atoms with van der Waals surface area (Å²) in [6, 6.07) is 18.2. The Morgan fingerprint density at radius 2 is 1.53 bits per heavy atom. The van der Waals surface area contributed by atoms with Gasteiger partial charge in [-0.25, -0.2) is 0 Å². The summed E-state index contributed by atoms with van der Waals surface area (Å²) in [5.74, 6) is 0.492. The van der Waals surface area contributed by atoms with E-state index in [0.29, 0.717) is 28.0 Å². The molecule has 0 radical (unpaired) electrons. The Labute approximate surface area is 185 Å². The van der Waals surface area contributed by atoms with Gasteiger partial charge in [0, 0.05) is 5.69 Å². The minimum Gasteiger partial charge on any atom is -0.497 e. The minimum atomic E-state index is -0.589. The summed E-state index contributed by atoms with van der Waals surface area (Å²) < 4.78 is 11.4. The van der Waals surface area contributed by atoms with Gasteiger partial charge in [0.25, 0.3) is 5.91 Å². The van der Waals surface area contributed by atoms with E-state index in [0.717, 1.165) is 22.3 Å². The first-order valence-electron chi connectivity index (χ1n) is 10.5. The molecule has 160 valence electrons. The Morgan fingerprint density at radius 3 is 2.19 bits per heavy atom. The summed E-state index contributed by atoms with van der Waals surface area (Å²) in [4.78, 5) is 29.0. The van der Waals surface area contributed by atoms with Crippen molar-refractivity contribution in [2.75, 3.05) is 12.0 Å². The Morgan fingerprint density at radius 1 is 0.875 bits per heavy atom. The zero-order chi connectivity index (χ0) is 22.6. The molecule has 0 saturated carbocycles.